The summed E-state index contributed by atoms with van der Waals surface area (Å²) in [6.07, 6.45) is 2.65. The third-order valence-corrected chi connectivity index (χ3v) is 4.65. The summed E-state index contributed by atoms with van der Waals surface area (Å²) < 4.78 is 0. The number of likely N-dealkylation sites (tertiary alicyclic amines) is 1. The molecule has 2 N–H and O–H groups in total. The van der Waals surface area contributed by atoms with Gasteiger partial charge in [0.15, 0.2) is 0 Å². The predicted octanol–water partition coefficient (Wildman–Crippen LogP) is 0.682. The SMILES string of the molecule is CC(C)CN1CCC(N2CCN(C)CC2CN)CC1. The Morgan fingerprint density at radius 3 is 2.37 bits per heavy atom. The van der Waals surface area contributed by atoms with Gasteiger partial charge in [0.1, 0.15) is 0 Å². The molecule has 0 amide bonds. The maximum atomic E-state index is 5.98. The van der Waals surface area contributed by atoms with Crippen molar-refractivity contribution in [1.82, 2.24) is 14.7 Å². The lowest BCUT2D eigenvalue weighted by Crippen LogP contribution is -2.59. The van der Waals surface area contributed by atoms with E-state index < -0.39 is 0 Å². The van der Waals surface area contributed by atoms with Crippen molar-refractivity contribution in [3.63, 3.8) is 0 Å². The summed E-state index contributed by atoms with van der Waals surface area (Å²) >= 11 is 0. The van der Waals surface area contributed by atoms with Crippen molar-refractivity contribution in [2.75, 3.05) is 52.9 Å². The Morgan fingerprint density at radius 2 is 1.79 bits per heavy atom. The van der Waals surface area contributed by atoms with Crippen molar-refractivity contribution in [3.8, 4) is 0 Å². The highest BCUT2D eigenvalue weighted by atomic mass is 15.3. The lowest BCUT2D eigenvalue weighted by molar-refractivity contribution is 0.0248. The van der Waals surface area contributed by atoms with Crippen LogP contribution >= 0.6 is 0 Å². The van der Waals surface area contributed by atoms with Crippen LogP contribution in [0.3, 0.4) is 0 Å². The van der Waals surface area contributed by atoms with E-state index >= 15 is 0 Å². The van der Waals surface area contributed by atoms with Gasteiger partial charge in [-0.2, -0.15) is 0 Å². The molecule has 0 saturated carbocycles. The second-order valence-corrected chi connectivity index (χ2v) is 6.82. The molecule has 19 heavy (non-hydrogen) atoms. The number of hydrogen-bond donors (Lipinski definition) is 1. The number of piperazine rings is 1. The average Bonchev–Trinajstić information content (AvgIpc) is 2.39. The third-order valence-electron chi connectivity index (χ3n) is 4.65. The minimum atomic E-state index is 0.570. The maximum Gasteiger partial charge on any atom is 0.0349 e. The lowest BCUT2D eigenvalue weighted by atomic mass is 9.98. The van der Waals surface area contributed by atoms with E-state index in [2.05, 4.69) is 35.6 Å². The summed E-state index contributed by atoms with van der Waals surface area (Å²) in [5.74, 6) is 0.789. The minimum Gasteiger partial charge on any atom is -0.329 e. The highest BCUT2D eigenvalue weighted by Crippen LogP contribution is 2.21. The van der Waals surface area contributed by atoms with Crippen LogP contribution in [0.4, 0.5) is 0 Å². The van der Waals surface area contributed by atoms with Gasteiger partial charge in [0.05, 0.1) is 0 Å². The quantitative estimate of drug-likeness (QED) is 0.813. The van der Waals surface area contributed by atoms with Crippen LogP contribution in [0.25, 0.3) is 0 Å². The van der Waals surface area contributed by atoms with Gasteiger partial charge in [0.2, 0.25) is 0 Å². The number of nitrogens with two attached hydrogens (primary N) is 1. The molecule has 1 atom stereocenters. The van der Waals surface area contributed by atoms with Gasteiger partial charge in [-0.3, -0.25) is 4.90 Å². The van der Waals surface area contributed by atoms with Crippen molar-refractivity contribution in [3.05, 3.63) is 0 Å². The van der Waals surface area contributed by atoms with Crippen molar-refractivity contribution in [2.24, 2.45) is 11.7 Å². The normalized spacial score (nSPS) is 29.2. The van der Waals surface area contributed by atoms with Gasteiger partial charge in [-0.1, -0.05) is 13.8 Å². The second kappa shape index (κ2) is 7.02. The summed E-state index contributed by atoms with van der Waals surface area (Å²) in [5.41, 5.74) is 5.98. The molecule has 0 aromatic carbocycles. The summed E-state index contributed by atoms with van der Waals surface area (Å²) in [6.45, 7) is 12.8. The monoisotopic (exact) mass is 268 g/mol. The topological polar surface area (TPSA) is 35.7 Å². The van der Waals surface area contributed by atoms with Gasteiger partial charge in [0, 0.05) is 44.8 Å². The van der Waals surface area contributed by atoms with Crippen molar-refractivity contribution >= 4 is 0 Å². The number of hydrogen-bond acceptors (Lipinski definition) is 4. The van der Waals surface area contributed by atoms with Gasteiger partial charge in [0.25, 0.3) is 0 Å². The van der Waals surface area contributed by atoms with E-state index in [1.165, 1.54) is 45.6 Å². The van der Waals surface area contributed by atoms with Crippen LogP contribution in [0.15, 0.2) is 0 Å². The number of likely N-dealkylation sites (N-methyl/N-ethyl adjacent to an activating group) is 1. The van der Waals surface area contributed by atoms with E-state index in [4.69, 9.17) is 5.73 Å². The molecule has 4 nitrogen and oxygen atoms in total. The molecule has 0 aliphatic carbocycles. The fraction of sp³-hybridized carbons (Fsp3) is 1.00. The fourth-order valence-corrected chi connectivity index (χ4v) is 3.67. The Balaban J connectivity index is 1.83. The Hall–Kier alpha value is -0.160. The van der Waals surface area contributed by atoms with Crippen LogP contribution in [-0.4, -0.2) is 79.6 Å². The molecule has 2 aliphatic heterocycles. The first-order chi connectivity index (χ1) is 9.10. The molecule has 0 aromatic rings. The molecule has 112 valence electrons. The number of piperidine rings is 1. The molecule has 0 spiro atoms. The van der Waals surface area contributed by atoms with Crippen LogP contribution in [0, 0.1) is 5.92 Å². The Labute approximate surface area is 118 Å². The minimum absolute atomic E-state index is 0.570. The average molecular weight is 268 g/mol. The van der Waals surface area contributed by atoms with Gasteiger partial charge in [-0.25, -0.2) is 0 Å². The van der Waals surface area contributed by atoms with Gasteiger partial charge in [-0.15, -0.1) is 0 Å². The smallest absolute Gasteiger partial charge is 0.0349 e. The van der Waals surface area contributed by atoms with Crippen molar-refractivity contribution < 1.29 is 0 Å². The zero-order chi connectivity index (χ0) is 13.8. The third kappa shape index (κ3) is 4.15. The first-order valence-electron chi connectivity index (χ1n) is 7.97. The fourth-order valence-electron chi connectivity index (χ4n) is 3.67. The molecule has 2 aliphatic rings. The zero-order valence-electron chi connectivity index (χ0n) is 13.0. The molecule has 2 heterocycles. The molecule has 1 unspecified atom stereocenters. The first kappa shape index (κ1) is 15.2. The van der Waals surface area contributed by atoms with E-state index in [1.807, 2.05) is 0 Å². The lowest BCUT2D eigenvalue weighted by Gasteiger charge is -2.46. The molecule has 2 fully saturated rings. The Morgan fingerprint density at radius 1 is 1.11 bits per heavy atom. The second-order valence-electron chi connectivity index (χ2n) is 6.82. The van der Waals surface area contributed by atoms with Crippen LogP contribution in [0.1, 0.15) is 26.7 Å². The van der Waals surface area contributed by atoms with Crippen LogP contribution < -0.4 is 5.73 Å². The predicted molar refractivity (Wildman–Crippen MR) is 81.3 cm³/mol. The maximum absolute atomic E-state index is 5.98. The molecular weight excluding hydrogens is 236 g/mol. The van der Waals surface area contributed by atoms with Crippen LogP contribution in [0.5, 0.6) is 0 Å². The highest BCUT2D eigenvalue weighted by molar-refractivity contribution is 4.89. The van der Waals surface area contributed by atoms with E-state index in [-0.39, 0.29) is 0 Å². The molecule has 4 heteroatoms. The van der Waals surface area contributed by atoms with Crippen molar-refractivity contribution in [1.29, 1.82) is 0 Å². The van der Waals surface area contributed by atoms with Crippen LogP contribution in [0.2, 0.25) is 0 Å². The first-order valence-corrected chi connectivity index (χ1v) is 7.97. The molecule has 2 saturated heterocycles. The summed E-state index contributed by atoms with van der Waals surface area (Å²) in [6, 6.07) is 1.34. The highest BCUT2D eigenvalue weighted by Gasteiger charge is 2.32. The molecule has 0 radical (unpaired) electrons. The van der Waals surface area contributed by atoms with Gasteiger partial charge >= 0.3 is 0 Å². The van der Waals surface area contributed by atoms with E-state index in [0.717, 1.165) is 25.0 Å². The molecule has 0 aromatic heterocycles. The standard InChI is InChI=1S/C15H32N4/c1-13(2)11-18-6-4-14(5-7-18)19-9-8-17(3)12-15(19)10-16/h13-15H,4-12,16H2,1-3H3. The van der Waals surface area contributed by atoms with Crippen LogP contribution in [-0.2, 0) is 0 Å². The zero-order valence-corrected chi connectivity index (χ0v) is 13.0. The molecule has 2 rings (SSSR count). The summed E-state index contributed by atoms with van der Waals surface area (Å²) in [5, 5.41) is 0. The summed E-state index contributed by atoms with van der Waals surface area (Å²) in [4.78, 5) is 7.75. The number of rotatable bonds is 4. The van der Waals surface area contributed by atoms with E-state index in [0.29, 0.717) is 6.04 Å². The Bertz CT molecular complexity index is 261. The largest absolute Gasteiger partial charge is 0.329 e. The molecule has 0 bridgehead atoms. The summed E-state index contributed by atoms with van der Waals surface area (Å²) in [7, 11) is 2.21. The molecular formula is C15H32N4. The van der Waals surface area contributed by atoms with Gasteiger partial charge in [-0.05, 0) is 38.9 Å². The Kier molecular flexibility index (Phi) is 5.63. The number of nitrogens with zero attached hydrogens (tertiary/aromatic N) is 3. The van der Waals surface area contributed by atoms with E-state index in [1.54, 1.807) is 0 Å². The van der Waals surface area contributed by atoms with Gasteiger partial charge < -0.3 is 15.5 Å². The van der Waals surface area contributed by atoms with Crippen molar-refractivity contribution in [2.45, 2.75) is 38.8 Å². The van der Waals surface area contributed by atoms with E-state index in [9.17, 15) is 0 Å².